The molecule has 4 aromatic carbocycles. The lowest BCUT2D eigenvalue weighted by atomic mass is 9.88. The minimum atomic E-state index is -0.958. The van der Waals surface area contributed by atoms with Gasteiger partial charge in [0, 0.05) is 38.3 Å². The zero-order valence-corrected chi connectivity index (χ0v) is 32.0. The third-order valence-corrected chi connectivity index (χ3v) is 11.1. The van der Waals surface area contributed by atoms with Crippen molar-refractivity contribution in [3.63, 3.8) is 0 Å². The van der Waals surface area contributed by atoms with Crippen LogP contribution < -0.4 is 15.0 Å². The minimum Gasteiger partial charge on any atom is -0.508 e. The van der Waals surface area contributed by atoms with E-state index in [2.05, 4.69) is 70.6 Å². The summed E-state index contributed by atoms with van der Waals surface area (Å²) in [5, 5.41) is 12.2. The number of fused-ring (bicyclic) bond motifs is 1. The van der Waals surface area contributed by atoms with Gasteiger partial charge in [0.2, 0.25) is 11.8 Å². The van der Waals surface area contributed by atoms with Crippen LogP contribution in [0.25, 0.3) is 11.1 Å². The zero-order chi connectivity index (χ0) is 39.0. The van der Waals surface area contributed by atoms with Gasteiger partial charge < -0.3 is 14.7 Å². The van der Waals surface area contributed by atoms with Gasteiger partial charge in [0.05, 0.1) is 17.7 Å². The second-order valence-electron chi connectivity index (χ2n) is 14.8. The monoisotopic (exact) mass is 754 g/mol. The summed E-state index contributed by atoms with van der Waals surface area (Å²) >= 11 is 0. The number of piperazine rings is 1. The maximum absolute atomic E-state index is 13.3. The van der Waals surface area contributed by atoms with Crippen molar-refractivity contribution in [1.82, 2.24) is 15.1 Å². The smallest absolute Gasteiger partial charge is 0.262 e. The Kier molecular flexibility index (Phi) is 12.3. The van der Waals surface area contributed by atoms with Gasteiger partial charge in [0.25, 0.3) is 11.8 Å². The van der Waals surface area contributed by atoms with E-state index in [4.69, 9.17) is 4.74 Å². The molecule has 1 unspecified atom stereocenters. The van der Waals surface area contributed by atoms with E-state index < -0.39 is 23.8 Å². The largest absolute Gasteiger partial charge is 0.508 e. The molecule has 10 nitrogen and oxygen atoms in total. The van der Waals surface area contributed by atoms with E-state index in [1.807, 2.05) is 24.3 Å². The molecule has 0 bridgehead atoms. The first kappa shape index (κ1) is 38.5. The highest BCUT2D eigenvalue weighted by Gasteiger charge is 2.44. The summed E-state index contributed by atoms with van der Waals surface area (Å²) in [6, 6.07) is 30.6. The summed E-state index contributed by atoms with van der Waals surface area (Å²) in [5.74, 6) is -0.813. The van der Waals surface area contributed by atoms with Gasteiger partial charge in [0.15, 0.2) is 0 Å². The Morgan fingerprint density at radius 1 is 0.732 bits per heavy atom. The number of phenolic OH excluding ortho intramolecular Hbond substituents is 1. The Bertz CT molecular complexity index is 2070. The average Bonchev–Trinajstić information content (AvgIpc) is 3.47. The number of allylic oxidation sites excluding steroid dienone is 1. The number of nitrogens with one attached hydrogen (secondary N) is 1. The number of hydrogen-bond donors (Lipinski definition) is 2. The van der Waals surface area contributed by atoms with Crippen molar-refractivity contribution in [2.75, 3.05) is 44.2 Å². The van der Waals surface area contributed by atoms with Crippen molar-refractivity contribution >= 4 is 40.5 Å². The van der Waals surface area contributed by atoms with Crippen molar-refractivity contribution in [2.24, 2.45) is 0 Å². The van der Waals surface area contributed by atoms with E-state index >= 15 is 0 Å². The lowest BCUT2D eigenvalue weighted by Gasteiger charge is -2.36. The molecule has 10 heteroatoms. The number of nitrogens with zero attached hydrogens (tertiary/aromatic N) is 3. The molecule has 0 spiro atoms. The first-order chi connectivity index (χ1) is 27.3. The number of phenols is 1. The fourth-order valence-corrected chi connectivity index (χ4v) is 8.07. The van der Waals surface area contributed by atoms with E-state index in [1.54, 1.807) is 24.3 Å². The second kappa shape index (κ2) is 17.8. The van der Waals surface area contributed by atoms with Crippen LogP contribution >= 0.6 is 0 Å². The molecule has 3 heterocycles. The number of carbonyl (C=O) groups excluding carboxylic acids is 4. The van der Waals surface area contributed by atoms with E-state index in [-0.39, 0.29) is 24.5 Å². The summed E-state index contributed by atoms with van der Waals surface area (Å²) in [5.41, 5.74) is 7.31. The number of amides is 4. The van der Waals surface area contributed by atoms with Crippen LogP contribution in [0.15, 0.2) is 97.1 Å². The van der Waals surface area contributed by atoms with E-state index in [0.29, 0.717) is 17.7 Å². The van der Waals surface area contributed by atoms with Crippen LogP contribution in [-0.2, 0) is 9.59 Å². The van der Waals surface area contributed by atoms with Crippen LogP contribution in [0.5, 0.6) is 11.5 Å². The maximum atomic E-state index is 13.3. The van der Waals surface area contributed by atoms with Crippen LogP contribution in [0.4, 0.5) is 5.69 Å². The van der Waals surface area contributed by atoms with Gasteiger partial charge in [-0.1, -0.05) is 80.8 Å². The van der Waals surface area contributed by atoms with Crippen molar-refractivity contribution in [2.45, 2.75) is 64.3 Å². The average molecular weight is 755 g/mol. The van der Waals surface area contributed by atoms with Crippen molar-refractivity contribution in [1.29, 1.82) is 0 Å². The number of rotatable bonds is 15. The highest BCUT2D eigenvalue weighted by Crippen LogP contribution is 2.36. The Morgan fingerprint density at radius 2 is 1.39 bits per heavy atom. The topological polar surface area (TPSA) is 119 Å². The van der Waals surface area contributed by atoms with Gasteiger partial charge in [-0.3, -0.25) is 34.3 Å². The second-order valence-corrected chi connectivity index (χ2v) is 14.8. The van der Waals surface area contributed by atoms with Crippen molar-refractivity contribution in [3.8, 4) is 11.5 Å². The number of benzene rings is 4. The highest BCUT2D eigenvalue weighted by molar-refractivity contribution is 6.23. The number of hydrogen-bond acceptors (Lipinski definition) is 8. The van der Waals surface area contributed by atoms with Crippen molar-refractivity contribution < 1.29 is 29.0 Å². The van der Waals surface area contributed by atoms with E-state index in [9.17, 15) is 24.3 Å². The fraction of sp³-hybridized carbons (Fsp3) is 0.348. The molecule has 2 fully saturated rings. The molecule has 4 amide bonds. The predicted octanol–water partition coefficient (Wildman–Crippen LogP) is 7.31. The number of ether oxygens (including phenoxy) is 1. The maximum Gasteiger partial charge on any atom is 0.262 e. The Balaban J connectivity index is 0.817. The molecule has 0 aromatic heterocycles. The number of piperidine rings is 1. The van der Waals surface area contributed by atoms with Crippen LogP contribution in [0.2, 0.25) is 0 Å². The minimum absolute atomic E-state index is 0.102. The molecule has 0 saturated carbocycles. The first-order valence-electron chi connectivity index (χ1n) is 19.9. The van der Waals surface area contributed by atoms with Gasteiger partial charge in [-0.25, -0.2) is 0 Å². The molecule has 3 aliphatic rings. The first-order valence-corrected chi connectivity index (χ1v) is 19.9. The molecular weight excluding hydrogens is 705 g/mol. The van der Waals surface area contributed by atoms with Crippen molar-refractivity contribution in [3.05, 3.63) is 125 Å². The molecule has 4 aromatic rings. The molecule has 7 rings (SSSR count). The molecule has 3 aliphatic heterocycles. The van der Waals surface area contributed by atoms with Gasteiger partial charge >= 0.3 is 0 Å². The molecule has 0 radical (unpaired) electrons. The number of imide groups is 2. The lowest BCUT2D eigenvalue weighted by Crippen LogP contribution is -2.54. The standard InChI is InChI=1S/C46H50N4O6/c1-2-38(32-11-7-6-8-12-32)43(33-13-18-36(51)19-14-33)34-15-20-37(21-16-34)56-30-10-5-3-4-9-25-48-26-28-49(29-27-48)35-17-22-39-40(31-35)46(55)50(45(39)54)41-23-24-42(52)47-44(41)53/h6-8,11-22,31,41,51H,2-5,9-10,23-30H2,1H3,(H,47,52,53). The molecule has 1 atom stereocenters. The van der Waals surface area contributed by atoms with Gasteiger partial charge in [-0.2, -0.15) is 0 Å². The third kappa shape index (κ3) is 8.71. The number of unbranched alkanes of at least 4 members (excludes halogenated alkanes) is 4. The van der Waals surface area contributed by atoms with Gasteiger partial charge in [-0.05, 0) is 103 Å². The summed E-state index contributed by atoms with van der Waals surface area (Å²) < 4.78 is 6.13. The normalized spacial score (nSPS) is 17.8. The zero-order valence-electron chi connectivity index (χ0n) is 32.0. The molecule has 0 aliphatic carbocycles. The summed E-state index contributed by atoms with van der Waals surface area (Å²) in [6.45, 7) is 7.44. The summed E-state index contributed by atoms with van der Waals surface area (Å²) in [6.07, 6.45) is 6.74. The molecule has 56 heavy (non-hydrogen) atoms. The molecule has 2 saturated heterocycles. The highest BCUT2D eigenvalue weighted by atomic mass is 16.5. The number of carbonyl (C=O) groups is 4. The van der Waals surface area contributed by atoms with Crippen LogP contribution in [0.1, 0.15) is 95.7 Å². The van der Waals surface area contributed by atoms with Crippen LogP contribution in [0.3, 0.4) is 0 Å². The molecule has 2 N–H and O–H groups in total. The predicted molar refractivity (Wildman–Crippen MR) is 218 cm³/mol. The van der Waals surface area contributed by atoms with Crippen LogP contribution in [0, 0.1) is 0 Å². The Morgan fingerprint density at radius 3 is 2.09 bits per heavy atom. The molecular formula is C46H50N4O6. The van der Waals surface area contributed by atoms with E-state index in [0.717, 1.165) is 91.4 Å². The van der Waals surface area contributed by atoms with Gasteiger partial charge in [-0.15, -0.1) is 0 Å². The summed E-state index contributed by atoms with van der Waals surface area (Å²) in [7, 11) is 0. The third-order valence-electron chi connectivity index (χ3n) is 11.1. The Hall–Kier alpha value is -5.74. The SMILES string of the molecule is CCC(=C(c1ccc(O)cc1)c1ccc(OCCCCCCCN2CCN(c3ccc4c(c3)C(=O)N(C3CCC(=O)NC3=O)C4=O)CC2)cc1)c1ccccc1. The quantitative estimate of drug-likeness (QED) is 0.0737. The lowest BCUT2D eigenvalue weighted by molar-refractivity contribution is -0.136. The number of aromatic hydroxyl groups is 1. The Labute approximate surface area is 328 Å². The summed E-state index contributed by atoms with van der Waals surface area (Å²) in [4.78, 5) is 56.1. The van der Waals surface area contributed by atoms with Gasteiger partial charge in [0.1, 0.15) is 17.5 Å². The van der Waals surface area contributed by atoms with Crippen LogP contribution in [-0.4, -0.2) is 83.9 Å². The van der Waals surface area contributed by atoms with E-state index in [1.165, 1.54) is 24.0 Å². The molecule has 290 valence electrons. The number of anilines is 1. The fourth-order valence-electron chi connectivity index (χ4n) is 8.07.